The molecule has 9 nitrogen and oxygen atoms in total. The zero-order chi connectivity index (χ0) is 57.6. The second kappa shape index (κ2) is 60.1. The first-order valence-corrected chi connectivity index (χ1v) is 32.1. The lowest BCUT2D eigenvalue weighted by Crippen LogP contribution is -2.40. The highest BCUT2D eigenvalue weighted by molar-refractivity contribution is 5.71. The summed E-state index contributed by atoms with van der Waals surface area (Å²) in [5.74, 6) is -2.01. The van der Waals surface area contributed by atoms with Crippen LogP contribution in [0.4, 0.5) is 0 Å². The number of allylic oxidation sites excluding steroid dienone is 18. The van der Waals surface area contributed by atoms with Crippen LogP contribution in [0.25, 0.3) is 0 Å². The summed E-state index contributed by atoms with van der Waals surface area (Å²) in [6.45, 7) is 4.77. The van der Waals surface area contributed by atoms with Crippen LogP contribution in [0.3, 0.4) is 0 Å². The summed E-state index contributed by atoms with van der Waals surface area (Å²) < 4.78 is 22.9. The van der Waals surface area contributed by atoms with Crippen molar-refractivity contribution < 1.29 is 42.9 Å². The molecule has 2 unspecified atom stereocenters. The van der Waals surface area contributed by atoms with Gasteiger partial charge in [-0.1, -0.05) is 271 Å². The van der Waals surface area contributed by atoms with Crippen LogP contribution in [0.2, 0.25) is 0 Å². The lowest BCUT2D eigenvalue weighted by atomic mass is 10.0. The Kier molecular flexibility index (Phi) is 57.0. The molecule has 0 saturated carbocycles. The number of carboxylic acid groups (broad SMARTS) is 1. The van der Waals surface area contributed by atoms with E-state index in [0.29, 0.717) is 23.9 Å². The molecule has 0 fully saturated rings. The summed E-state index contributed by atoms with van der Waals surface area (Å²) in [7, 11) is 5.97. The molecule has 0 radical (unpaired) electrons. The number of unbranched alkanes of at least 4 members (excludes halogenated alkanes) is 25. The van der Waals surface area contributed by atoms with Crippen molar-refractivity contribution in [3.63, 3.8) is 0 Å². The number of likely N-dealkylation sites (N-methyl/N-ethyl adjacent to an activating group) is 1. The van der Waals surface area contributed by atoms with Gasteiger partial charge in [-0.25, -0.2) is 4.79 Å². The number of rotatable bonds is 58. The number of quaternary nitrogens is 1. The van der Waals surface area contributed by atoms with Crippen LogP contribution < -0.4 is 0 Å². The third-order valence-corrected chi connectivity index (χ3v) is 13.5. The van der Waals surface area contributed by atoms with Gasteiger partial charge >= 0.3 is 17.9 Å². The summed E-state index contributed by atoms with van der Waals surface area (Å²) in [6.07, 6.45) is 80.3. The van der Waals surface area contributed by atoms with Crippen molar-refractivity contribution in [1.82, 2.24) is 0 Å². The van der Waals surface area contributed by atoms with Gasteiger partial charge in [0.2, 0.25) is 0 Å². The normalized spacial score (nSPS) is 13.5. The van der Waals surface area contributed by atoms with Crippen LogP contribution in [0, 0.1) is 0 Å². The number of esters is 2. The van der Waals surface area contributed by atoms with E-state index < -0.39 is 24.3 Å². The Morgan fingerprint density at radius 1 is 0.392 bits per heavy atom. The van der Waals surface area contributed by atoms with Crippen molar-refractivity contribution in [1.29, 1.82) is 0 Å². The number of hydrogen-bond donors (Lipinski definition) is 1. The number of carbonyl (C=O) groups excluding carboxylic acids is 2. The molecule has 0 aliphatic heterocycles. The lowest BCUT2D eigenvalue weighted by molar-refractivity contribution is -0.870. The maximum absolute atomic E-state index is 12.9. The van der Waals surface area contributed by atoms with Crippen LogP contribution in [0.1, 0.15) is 258 Å². The van der Waals surface area contributed by atoms with E-state index in [9.17, 15) is 19.5 Å². The summed E-state index contributed by atoms with van der Waals surface area (Å²) in [4.78, 5) is 37.5. The zero-order valence-corrected chi connectivity index (χ0v) is 51.5. The Bertz CT molecular complexity index is 1660. The van der Waals surface area contributed by atoms with Crippen molar-refractivity contribution in [2.45, 2.75) is 270 Å². The van der Waals surface area contributed by atoms with Gasteiger partial charge < -0.3 is 28.5 Å². The summed E-state index contributed by atoms with van der Waals surface area (Å²) in [6, 6.07) is 0. The molecule has 2 atom stereocenters. The molecule has 0 heterocycles. The Morgan fingerprint density at radius 3 is 1.08 bits per heavy atom. The number of aliphatic carboxylic acids is 1. The molecule has 0 spiro atoms. The van der Waals surface area contributed by atoms with Gasteiger partial charge in [-0.3, -0.25) is 9.59 Å². The predicted molar refractivity (Wildman–Crippen MR) is 336 cm³/mol. The molecule has 1 N–H and O–H groups in total. The zero-order valence-electron chi connectivity index (χ0n) is 51.5. The fourth-order valence-electron chi connectivity index (χ4n) is 8.65. The highest BCUT2D eigenvalue weighted by Crippen LogP contribution is 2.16. The maximum Gasteiger partial charge on any atom is 0.361 e. The molecule has 0 aliphatic rings. The molecule has 0 bridgehead atoms. The molecule has 0 aromatic rings. The molecule has 452 valence electrons. The van der Waals surface area contributed by atoms with Gasteiger partial charge in [-0.05, 0) is 83.5 Å². The highest BCUT2D eigenvalue weighted by atomic mass is 16.7. The predicted octanol–water partition coefficient (Wildman–Crippen LogP) is 19.5. The minimum absolute atomic E-state index is 0.183. The fourth-order valence-corrected chi connectivity index (χ4v) is 8.65. The standard InChI is InChI=1S/C70H119NO8/c1-6-8-10-12-14-16-18-20-22-24-25-26-27-28-29-30-31-32-33-34-35-36-37-38-39-40-41-42-43-45-47-49-51-53-55-57-59-61-68(73)79-66(65-78-70(69(74)75)76-63-62-71(3,4)5)64-77-67(72)60-58-56-54-52-50-48-46-44-23-21-19-17-15-13-11-9-7-2/h8,10,14,16,20,22,25-26,28-29,31-32,34-35,37-38,40-41,66,70H,6-7,9,11-13,15,17-19,21,23-24,27,30,33,36,39,42-65H2,1-5H3/p+1/b10-8-,16-14-,22-20-,26-25-,29-28-,32-31-,35-34-,38-37-,41-40-. The topological polar surface area (TPSA) is 108 Å². The molecule has 0 saturated heterocycles. The van der Waals surface area contributed by atoms with E-state index in [1.807, 2.05) is 21.1 Å². The van der Waals surface area contributed by atoms with Crippen molar-refractivity contribution in [2.24, 2.45) is 0 Å². The van der Waals surface area contributed by atoms with E-state index in [0.717, 1.165) is 103 Å². The van der Waals surface area contributed by atoms with Crippen LogP contribution in [0.15, 0.2) is 109 Å². The van der Waals surface area contributed by atoms with Gasteiger partial charge in [0.15, 0.2) is 6.10 Å². The first-order chi connectivity index (χ1) is 38.6. The Labute approximate surface area is 485 Å². The number of ether oxygens (including phenoxy) is 4. The molecule has 79 heavy (non-hydrogen) atoms. The van der Waals surface area contributed by atoms with E-state index >= 15 is 0 Å². The molecular formula is C70H120NO8+. The first-order valence-electron chi connectivity index (χ1n) is 32.1. The van der Waals surface area contributed by atoms with E-state index in [1.165, 1.54) is 122 Å². The minimum atomic E-state index is -1.52. The lowest BCUT2D eigenvalue weighted by Gasteiger charge is -2.25. The van der Waals surface area contributed by atoms with Crippen molar-refractivity contribution in [3.05, 3.63) is 109 Å². The minimum Gasteiger partial charge on any atom is -0.477 e. The fraction of sp³-hybridized carbons (Fsp3) is 0.700. The van der Waals surface area contributed by atoms with E-state index in [4.69, 9.17) is 18.9 Å². The second-order valence-electron chi connectivity index (χ2n) is 22.3. The van der Waals surface area contributed by atoms with Gasteiger partial charge in [0.25, 0.3) is 6.29 Å². The average Bonchev–Trinajstić information content (AvgIpc) is 3.42. The molecule has 0 amide bonds. The number of nitrogens with zero attached hydrogens (tertiary/aromatic N) is 1. The molecule has 9 heteroatoms. The Hall–Kier alpha value is -4.05. The first kappa shape index (κ1) is 75.0. The number of carboxylic acids is 1. The maximum atomic E-state index is 12.9. The molecule has 0 aromatic carbocycles. The SMILES string of the molecule is CC/C=C\C/C=C\C/C=C\C/C=C\C/C=C\C/C=C\C/C=C\C/C=C\C/C=C\CCCCCCCCCCCC(=O)OC(COC(=O)CCCCCCCCCCCCCCCCCCC)COC(OCC[N+](C)(C)C)C(=O)O. The molecule has 0 rings (SSSR count). The second-order valence-corrected chi connectivity index (χ2v) is 22.3. The largest absolute Gasteiger partial charge is 0.477 e. The van der Waals surface area contributed by atoms with Gasteiger partial charge in [-0.15, -0.1) is 0 Å². The Morgan fingerprint density at radius 2 is 0.722 bits per heavy atom. The summed E-state index contributed by atoms with van der Waals surface area (Å²) in [5, 5.41) is 9.72. The van der Waals surface area contributed by atoms with E-state index in [2.05, 4.69) is 123 Å². The van der Waals surface area contributed by atoms with Crippen LogP contribution in [0.5, 0.6) is 0 Å². The van der Waals surface area contributed by atoms with Crippen molar-refractivity contribution >= 4 is 17.9 Å². The van der Waals surface area contributed by atoms with Gasteiger partial charge in [0, 0.05) is 12.8 Å². The van der Waals surface area contributed by atoms with Crippen LogP contribution in [-0.4, -0.2) is 87.4 Å². The molecular weight excluding hydrogens is 983 g/mol. The quantitative estimate of drug-likeness (QED) is 0.0211. The third-order valence-electron chi connectivity index (χ3n) is 13.5. The number of hydrogen-bond acceptors (Lipinski definition) is 7. The third kappa shape index (κ3) is 61.4. The van der Waals surface area contributed by atoms with Gasteiger partial charge in [0.1, 0.15) is 13.2 Å². The highest BCUT2D eigenvalue weighted by Gasteiger charge is 2.25. The monoisotopic (exact) mass is 1100 g/mol. The average molecular weight is 1100 g/mol. The summed E-state index contributed by atoms with van der Waals surface area (Å²) >= 11 is 0. The number of carbonyl (C=O) groups is 3. The van der Waals surface area contributed by atoms with Crippen LogP contribution in [-0.2, 0) is 33.3 Å². The van der Waals surface area contributed by atoms with Crippen LogP contribution >= 0.6 is 0 Å². The van der Waals surface area contributed by atoms with E-state index in [1.54, 1.807) is 0 Å². The summed E-state index contributed by atoms with van der Waals surface area (Å²) in [5.41, 5.74) is 0. The Balaban J connectivity index is 4.18. The van der Waals surface area contributed by atoms with Gasteiger partial charge in [-0.2, -0.15) is 0 Å². The van der Waals surface area contributed by atoms with Crippen molar-refractivity contribution in [3.8, 4) is 0 Å². The smallest absolute Gasteiger partial charge is 0.361 e. The van der Waals surface area contributed by atoms with E-state index in [-0.39, 0.29) is 32.2 Å². The molecule has 0 aliphatic carbocycles. The van der Waals surface area contributed by atoms with Gasteiger partial charge in [0.05, 0.1) is 34.4 Å². The molecule has 0 aromatic heterocycles. The van der Waals surface area contributed by atoms with Crippen molar-refractivity contribution in [2.75, 3.05) is 47.5 Å².